The highest BCUT2D eigenvalue weighted by atomic mass is 32.2. The number of hydrogen-bond acceptors (Lipinski definition) is 7. The summed E-state index contributed by atoms with van der Waals surface area (Å²) in [5, 5.41) is 10.2. The molecule has 3 rings (SSSR count). The highest BCUT2D eigenvalue weighted by Gasteiger charge is 2.16. The molecule has 2 heterocycles. The summed E-state index contributed by atoms with van der Waals surface area (Å²) in [5.74, 6) is -0.454. The summed E-state index contributed by atoms with van der Waals surface area (Å²) >= 11 is 0. The molecule has 4 N–H and O–H groups in total. The van der Waals surface area contributed by atoms with E-state index in [1.54, 1.807) is 6.08 Å². The molecular formula is C20H20N6O3S. The van der Waals surface area contributed by atoms with Crippen molar-refractivity contribution in [3.63, 3.8) is 0 Å². The van der Waals surface area contributed by atoms with E-state index in [9.17, 15) is 13.2 Å². The quantitative estimate of drug-likeness (QED) is 0.410. The number of allylic oxidation sites excluding steroid dienone is 2. The highest BCUT2D eigenvalue weighted by molar-refractivity contribution is 7.90. The molecule has 0 atom stereocenters. The van der Waals surface area contributed by atoms with Gasteiger partial charge in [-0.3, -0.25) is 14.9 Å². The van der Waals surface area contributed by atoms with E-state index in [1.807, 2.05) is 25.1 Å². The molecular weight excluding hydrogens is 404 g/mol. The van der Waals surface area contributed by atoms with Gasteiger partial charge in [0, 0.05) is 17.8 Å². The van der Waals surface area contributed by atoms with Crippen molar-refractivity contribution in [1.29, 1.82) is 0 Å². The fourth-order valence-electron chi connectivity index (χ4n) is 2.77. The van der Waals surface area contributed by atoms with Crippen LogP contribution in [-0.4, -0.2) is 42.5 Å². The van der Waals surface area contributed by atoms with Crippen molar-refractivity contribution >= 4 is 44.6 Å². The molecule has 0 aliphatic heterocycles. The number of anilines is 1. The van der Waals surface area contributed by atoms with Crippen LogP contribution in [0, 0.1) is 0 Å². The standard InChI is InChI=1S/C20H20N6O3S/c1-12(8-14(21)10-22-2)13-4-6-17-16(9-13)19(26-25-17)20(27)24-15-5-7-18(23-11-15)30(3,28)29/h4-11H,2,21H2,1,3H3,(H,24,27)(H,25,26)/b12-8+,14-10+. The minimum Gasteiger partial charge on any atom is -0.397 e. The number of nitrogens with two attached hydrogens (primary N) is 1. The van der Waals surface area contributed by atoms with E-state index in [4.69, 9.17) is 5.73 Å². The first-order valence-electron chi connectivity index (χ1n) is 8.75. The number of nitrogens with one attached hydrogen (secondary N) is 2. The van der Waals surface area contributed by atoms with E-state index in [1.165, 1.54) is 24.5 Å². The molecule has 0 aliphatic rings. The summed E-state index contributed by atoms with van der Waals surface area (Å²) < 4.78 is 23.0. The van der Waals surface area contributed by atoms with Crippen molar-refractivity contribution in [1.82, 2.24) is 15.2 Å². The number of benzene rings is 1. The zero-order valence-corrected chi connectivity index (χ0v) is 17.2. The number of H-pyrrole nitrogens is 1. The number of aliphatic imine (C=N–C) groups is 1. The second-order valence-electron chi connectivity index (χ2n) is 6.58. The van der Waals surface area contributed by atoms with Crippen molar-refractivity contribution in [2.75, 3.05) is 11.6 Å². The molecule has 0 spiro atoms. The molecule has 1 amide bonds. The van der Waals surface area contributed by atoms with Crippen LogP contribution >= 0.6 is 0 Å². The second-order valence-corrected chi connectivity index (χ2v) is 8.55. The lowest BCUT2D eigenvalue weighted by Crippen LogP contribution is -2.13. The van der Waals surface area contributed by atoms with Crippen LogP contribution < -0.4 is 11.1 Å². The van der Waals surface area contributed by atoms with Gasteiger partial charge in [-0.25, -0.2) is 13.4 Å². The molecule has 9 nitrogen and oxygen atoms in total. The van der Waals surface area contributed by atoms with E-state index in [2.05, 4.69) is 32.2 Å². The van der Waals surface area contributed by atoms with Crippen molar-refractivity contribution in [2.45, 2.75) is 11.9 Å². The number of carbonyl (C=O) groups excluding carboxylic acids is 1. The van der Waals surface area contributed by atoms with Crippen molar-refractivity contribution in [3.05, 3.63) is 65.8 Å². The number of hydrogen-bond donors (Lipinski definition) is 3. The van der Waals surface area contributed by atoms with Gasteiger partial charge in [-0.2, -0.15) is 5.10 Å². The normalized spacial score (nSPS) is 12.7. The van der Waals surface area contributed by atoms with Crippen LogP contribution in [0.4, 0.5) is 5.69 Å². The zero-order valence-electron chi connectivity index (χ0n) is 16.4. The lowest BCUT2D eigenvalue weighted by atomic mass is 10.0. The Hall–Kier alpha value is -3.79. The Labute approximate surface area is 173 Å². The summed E-state index contributed by atoms with van der Waals surface area (Å²) in [6, 6.07) is 8.34. The van der Waals surface area contributed by atoms with Gasteiger partial charge in [0.15, 0.2) is 20.6 Å². The summed E-state index contributed by atoms with van der Waals surface area (Å²) in [4.78, 5) is 20.2. The average Bonchev–Trinajstić information content (AvgIpc) is 3.11. The van der Waals surface area contributed by atoms with Crippen molar-refractivity contribution < 1.29 is 13.2 Å². The number of fused-ring (bicyclic) bond motifs is 1. The minimum atomic E-state index is -3.41. The highest BCUT2D eigenvalue weighted by Crippen LogP contribution is 2.23. The van der Waals surface area contributed by atoms with Gasteiger partial charge < -0.3 is 11.1 Å². The molecule has 2 aromatic heterocycles. The molecule has 154 valence electrons. The lowest BCUT2D eigenvalue weighted by molar-refractivity contribution is 0.102. The van der Waals surface area contributed by atoms with E-state index < -0.39 is 15.7 Å². The molecule has 0 unspecified atom stereocenters. The van der Waals surface area contributed by atoms with Gasteiger partial charge in [-0.15, -0.1) is 0 Å². The number of nitrogens with zero attached hydrogens (tertiary/aromatic N) is 3. The van der Waals surface area contributed by atoms with Crippen LogP contribution in [-0.2, 0) is 9.84 Å². The van der Waals surface area contributed by atoms with Crippen molar-refractivity contribution in [3.8, 4) is 0 Å². The summed E-state index contributed by atoms with van der Waals surface area (Å²) in [6.07, 6.45) is 5.55. The average molecular weight is 424 g/mol. The number of amides is 1. The van der Waals surface area contributed by atoms with Gasteiger partial charge >= 0.3 is 0 Å². The van der Waals surface area contributed by atoms with Crippen LogP contribution in [0.5, 0.6) is 0 Å². The lowest BCUT2D eigenvalue weighted by Gasteiger charge is -2.05. The molecule has 0 saturated heterocycles. The van der Waals surface area contributed by atoms with Crippen LogP contribution in [0.2, 0.25) is 0 Å². The first kappa shape index (κ1) is 20.9. The monoisotopic (exact) mass is 424 g/mol. The van der Waals surface area contributed by atoms with E-state index >= 15 is 0 Å². The van der Waals surface area contributed by atoms with E-state index in [0.29, 0.717) is 22.3 Å². The maximum atomic E-state index is 12.7. The van der Waals surface area contributed by atoms with Gasteiger partial charge in [0.05, 0.1) is 23.1 Å². The van der Waals surface area contributed by atoms with Gasteiger partial charge in [-0.05, 0) is 55.1 Å². The smallest absolute Gasteiger partial charge is 0.276 e. The zero-order chi connectivity index (χ0) is 21.9. The second kappa shape index (κ2) is 8.29. The first-order chi connectivity index (χ1) is 14.2. The van der Waals surface area contributed by atoms with E-state index in [-0.39, 0.29) is 10.7 Å². The summed E-state index contributed by atoms with van der Waals surface area (Å²) in [6.45, 7) is 5.26. The molecule has 0 saturated carbocycles. The molecule has 0 radical (unpaired) electrons. The number of aromatic nitrogens is 3. The summed E-state index contributed by atoms with van der Waals surface area (Å²) in [7, 11) is -3.41. The molecule has 0 aliphatic carbocycles. The third-order valence-corrected chi connectivity index (χ3v) is 5.23. The first-order valence-corrected chi connectivity index (χ1v) is 10.6. The Kier molecular flexibility index (Phi) is 5.79. The molecule has 1 aromatic carbocycles. The third-order valence-electron chi connectivity index (χ3n) is 4.23. The summed E-state index contributed by atoms with van der Waals surface area (Å²) in [5.41, 5.74) is 9.28. The molecule has 0 fully saturated rings. The fraction of sp³-hybridized carbons (Fsp3) is 0.100. The third kappa shape index (κ3) is 4.61. The van der Waals surface area contributed by atoms with Gasteiger partial charge in [-0.1, -0.05) is 6.07 Å². The van der Waals surface area contributed by atoms with Crippen LogP contribution in [0.25, 0.3) is 16.5 Å². The number of rotatable bonds is 6. The maximum Gasteiger partial charge on any atom is 0.276 e. The minimum absolute atomic E-state index is 0.0717. The topological polar surface area (TPSA) is 143 Å². The van der Waals surface area contributed by atoms with Gasteiger partial charge in [0.1, 0.15) is 0 Å². The molecule has 10 heteroatoms. The Morgan fingerprint density at radius 2 is 2.07 bits per heavy atom. The predicted octanol–water partition coefficient (Wildman–Crippen LogP) is 2.52. The Morgan fingerprint density at radius 1 is 1.30 bits per heavy atom. The molecule has 3 aromatic rings. The fourth-order valence-corrected chi connectivity index (χ4v) is 3.33. The van der Waals surface area contributed by atoms with Gasteiger partial charge in [0.2, 0.25) is 0 Å². The molecule has 0 bridgehead atoms. The largest absolute Gasteiger partial charge is 0.397 e. The van der Waals surface area contributed by atoms with Crippen LogP contribution in [0.15, 0.2) is 64.5 Å². The number of carbonyl (C=O) groups is 1. The number of sulfone groups is 1. The Bertz CT molecular complexity index is 1290. The van der Waals surface area contributed by atoms with Crippen LogP contribution in [0.3, 0.4) is 0 Å². The number of aromatic amines is 1. The number of pyridine rings is 1. The SMILES string of the molecule is C=N/C=C(N)\C=C(/C)c1ccc2[nH]nc(C(=O)Nc3ccc(S(C)(=O)=O)nc3)c2c1. The Balaban J connectivity index is 1.89. The molecule has 30 heavy (non-hydrogen) atoms. The maximum absolute atomic E-state index is 12.7. The van der Waals surface area contributed by atoms with E-state index in [0.717, 1.165) is 17.4 Å². The Morgan fingerprint density at radius 3 is 2.70 bits per heavy atom. The predicted molar refractivity (Wildman–Crippen MR) is 117 cm³/mol. The van der Waals surface area contributed by atoms with Crippen LogP contribution in [0.1, 0.15) is 23.0 Å². The van der Waals surface area contributed by atoms with Crippen molar-refractivity contribution in [2.24, 2.45) is 10.7 Å². The van der Waals surface area contributed by atoms with Gasteiger partial charge in [0.25, 0.3) is 5.91 Å².